The van der Waals surface area contributed by atoms with Gasteiger partial charge in [0.05, 0.1) is 0 Å². The second kappa shape index (κ2) is 4.41. The molecule has 0 heterocycles. The van der Waals surface area contributed by atoms with Crippen molar-refractivity contribution in [2.24, 2.45) is 0 Å². The van der Waals surface area contributed by atoms with Crippen LogP contribution in [-0.2, 0) is 0 Å². The molecule has 0 unspecified atom stereocenters. The third-order valence-corrected chi connectivity index (χ3v) is 9.66. The van der Waals surface area contributed by atoms with E-state index in [1.54, 1.807) is 9.16 Å². The van der Waals surface area contributed by atoms with Crippen molar-refractivity contribution in [1.29, 1.82) is 0 Å². The van der Waals surface area contributed by atoms with Crippen LogP contribution in [0, 0.1) is 6.42 Å². The van der Waals surface area contributed by atoms with Crippen LogP contribution in [0.3, 0.4) is 0 Å². The molecule has 91 valence electrons. The Kier molecular flexibility index (Phi) is 3.01. The van der Waals surface area contributed by atoms with Gasteiger partial charge in [-0.1, -0.05) is 0 Å². The van der Waals surface area contributed by atoms with E-state index in [0.717, 1.165) is 6.42 Å². The Labute approximate surface area is 114 Å². The molecule has 2 aliphatic rings. The Morgan fingerprint density at radius 2 is 1.72 bits per heavy atom. The SMILES string of the molecule is [CH3][Sn]([CH3])([CH3])[C]1=C(C2=Cc3ccccc3[CH]2)CC=C1. The van der Waals surface area contributed by atoms with E-state index in [0.29, 0.717) is 0 Å². The fourth-order valence-electron chi connectivity index (χ4n) is 2.81. The van der Waals surface area contributed by atoms with E-state index in [2.05, 4.69) is 63.7 Å². The van der Waals surface area contributed by atoms with Gasteiger partial charge in [-0.05, 0) is 0 Å². The van der Waals surface area contributed by atoms with E-state index < -0.39 is 18.4 Å². The topological polar surface area (TPSA) is 0 Å². The van der Waals surface area contributed by atoms with E-state index in [1.807, 2.05) is 0 Å². The summed E-state index contributed by atoms with van der Waals surface area (Å²) in [6.45, 7) is 0. The maximum absolute atomic E-state index is 2.50. The molecule has 0 nitrogen and oxygen atoms in total. The van der Waals surface area contributed by atoms with Gasteiger partial charge in [-0.2, -0.15) is 0 Å². The summed E-state index contributed by atoms with van der Waals surface area (Å²) < 4.78 is 1.69. The normalized spacial score (nSPS) is 18.3. The molecular formula is C17H19Sn. The zero-order valence-electron chi connectivity index (χ0n) is 11.3. The van der Waals surface area contributed by atoms with Gasteiger partial charge in [-0.15, -0.1) is 0 Å². The third kappa shape index (κ3) is 2.11. The van der Waals surface area contributed by atoms with E-state index in [4.69, 9.17) is 0 Å². The Morgan fingerprint density at radius 1 is 1.00 bits per heavy atom. The molecular weight excluding hydrogens is 323 g/mol. The first-order valence-corrected chi connectivity index (χ1v) is 16.6. The molecule has 2 aliphatic carbocycles. The van der Waals surface area contributed by atoms with Crippen molar-refractivity contribution in [1.82, 2.24) is 0 Å². The zero-order valence-corrected chi connectivity index (χ0v) is 14.2. The molecule has 1 aromatic carbocycles. The summed E-state index contributed by atoms with van der Waals surface area (Å²) in [5.74, 6) is 0. The van der Waals surface area contributed by atoms with Crippen molar-refractivity contribution < 1.29 is 0 Å². The molecule has 0 atom stereocenters. The van der Waals surface area contributed by atoms with Gasteiger partial charge >= 0.3 is 114 Å². The molecule has 0 N–H and O–H groups in total. The quantitative estimate of drug-likeness (QED) is 0.680. The third-order valence-electron chi connectivity index (χ3n) is 3.71. The van der Waals surface area contributed by atoms with E-state index in [1.165, 1.54) is 16.7 Å². The number of benzene rings is 1. The second-order valence-electron chi connectivity index (χ2n) is 6.12. The fourth-order valence-corrected chi connectivity index (χ4v) is 7.86. The van der Waals surface area contributed by atoms with Gasteiger partial charge in [0, 0.05) is 0 Å². The molecule has 0 bridgehead atoms. The molecule has 0 amide bonds. The number of rotatable bonds is 2. The molecule has 3 rings (SSSR count). The number of allylic oxidation sites excluding steroid dienone is 5. The fraction of sp³-hybridized carbons (Fsp3) is 0.235. The molecule has 0 saturated heterocycles. The van der Waals surface area contributed by atoms with Crippen molar-refractivity contribution in [3.05, 3.63) is 68.7 Å². The predicted molar refractivity (Wildman–Crippen MR) is 82.0 cm³/mol. The van der Waals surface area contributed by atoms with Crippen molar-refractivity contribution in [3.8, 4) is 0 Å². The first-order chi connectivity index (χ1) is 8.55. The Balaban J connectivity index is 2.00. The van der Waals surface area contributed by atoms with Crippen molar-refractivity contribution in [3.63, 3.8) is 0 Å². The van der Waals surface area contributed by atoms with Gasteiger partial charge < -0.3 is 0 Å². The molecule has 0 aliphatic heterocycles. The summed E-state index contributed by atoms with van der Waals surface area (Å²) in [4.78, 5) is 7.51. The summed E-state index contributed by atoms with van der Waals surface area (Å²) >= 11 is -1.97. The Bertz CT molecular complexity index is 580. The summed E-state index contributed by atoms with van der Waals surface area (Å²) in [6, 6.07) is 8.66. The number of fused-ring (bicyclic) bond motifs is 1. The average molecular weight is 342 g/mol. The molecule has 0 fully saturated rings. The average Bonchev–Trinajstić information content (AvgIpc) is 2.94. The first kappa shape index (κ1) is 12.3. The molecule has 18 heavy (non-hydrogen) atoms. The predicted octanol–water partition coefficient (Wildman–Crippen LogP) is 4.77. The van der Waals surface area contributed by atoms with Crippen LogP contribution >= 0.6 is 0 Å². The summed E-state index contributed by atoms with van der Waals surface area (Å²) in [7, 11) is 0. The van der Waals surface area contributed by atoms with Gasteiger partial charge in [0.1, 0.15) is 0 Å². The van der Waals surface area contributed by atoms with Crippen LogP contribution in [0.15, 0.2) is 51.2 Å². The molecule has 0 spiro atoms. The van der Waals surface area contributed by atoms with Crippen LogP contribution < -0.4 is 0 Å². The number of hydrogen-bond acceptors (Lipinski definition) is 0. The number of hydrogen-bond donors (Lipinski definition) is 0. The summed E-state index contributed by atoms with van der Waals surface area (Å²) in [5, 5.41) is 0. The van der Waals surface area contributed by atoms with Gasteiger partial charge in [-0.25, -0.2) is 0 Å². The van der Waals surface area contributed by atoms with E-state index >= 15 is 0 Å². The van der Waals surface area contributed by atoms with Gasteiger partial charge in [0.15, 0.2) is 0 Å². The van der Waals surface area contributed by atoms with E-state index in [9.17, 15) is 0 Å². The van der Waals surface area contributed by atoms with Gasteiger partial charge in [0.2, 0.25) is 0 Å². The van der Waals surface area contributed by atoms with Crippen molar-refractivity contribution >= 4 is 24.5 Å². The monoisotopic (exact) mass is 343 g/mol. The molecule has 1 radical (unpaired) electrons. The van der Waals surface area contributed by atoms with Crippen LogP contribution in [0.2, 0.25) is 14.8 Å². The molecule has 1 heteroatoms. The van der Waals surface area contributed by atoms with Crippen molar-refractivity contribution in [2.45, 2.75) is 21.2 Å². The van der Waals surface area contributed by atoms with Gasteiger partial charge in [0.25, 0.3) is 0 Å². The van der Waals surface area contributed by atoms with Crippen molar-refractivity contribution in [2.75, 3.05) is 0 Å². The van der Waals surface area contributed by atoms with Gasteiger partial charge in [-0.3, -0.25) is 0 Å². The summed E-state index contributed by atoms with van der Waals surface area (Å²) in [5.41, 5.74) is 5.78. The molecule has 0 aromatic heterocycles. The maximum atomic E-state index is 2.50. The zero-order chi connectivity index (χ0) is 12.8. The minimum atomic E-state index is -1.97. The Morgan fingerprint density at radius 3 is 2.39 bits per heavy atom. The first-order valence-electron chi connectivity index (χ1n) is 6.62. The molecule has 1 aromatic rings. The standard InChI is InChI=1S/C14H10.3CH3.Sn/c1-2-6-11(5-1)14-9-12-7-3-4-8-13(12)10-14;;;;/h1-4,7-10H,5H2;3*1H3;. The minimum absolute atomic E-state index is 1.12. The Hall–Kier alpha value is -0.761. The van der Waals surface area contributed by atoms with E-state index in [-0.39, 0.29) is 0 Å². The van der Waals surface area contributed by atoms with Crippen LogP contribution in [0.4, 0.5) is 0 Å². The van der Waals surface area contributed by atoms with Crippen LogP contribution in [0.25, 0.3) is 6.08 Å². The van der Waals surface area contributed by atoms with Crippen LogP contribution in [0.1, 0.15) is 17.5 Å². The second-order valence-corrected chi connectivity index (χ2v) is 20.5. The molecule has 0 saturated carbocycles. The van der Waals surface area contributed by atoms with Crippen LogP contribution in [0.5, 0.6) is 0 Å². The van der Waals surface area contributed by atoms with Crippen LogP contribution in [-0.4, -0.2) is 18.4 Å². The summed E-state index contributed by atoms with van der Waals surface area (Å²) in [6.07, 6.45) is 10.6.